The SMILES string of the molecule is COc1cccc(OC)c1C(=O)Cc1cccs1. The van der Waals surface area contributed by atoms with Crippen LogP contribution in [0.5, 0.6) is 11.5 Å². The quantitative estimate of drug-likeness (QED) is 0.776. The van der Waals surface area contributed by atoms with Crippen molar-refractivity contribution in [2.24, 2.45) is 0 Å². The molecule has 0 aliphatic carbocycles. The molecular formula is C14H14O3S. The van der Waals surface area contributed by atoms with E-state index in [-0.39, 0.29) is 5.78 Å². The number of Topliss-reactive ketones (excluding diaryl/α,β-unsaturated/α-hetero) is 1. The maximum Gasteiger partial charge on any atom is 0.175 e. The molecule has 2 rings (SSSR count). The number of ketones is 1. The Morgan fingerprint density at radius 1 is 1.11 bits per heavy atom. The van der Waals surface area contributed by atoms with Crippen molar-refractivity contribution in [1.29, 1.82) is 0 Å². The van der Waals surface area contributed by atoms with E-state index in [1.807, 2.05) is 17.5 Å². The number of hydrogen-bond acceptors (Lipinski definition) is 4. The van der Waals surface area contributed by atoms with Gasteiger partial charge in [-0.25, -0.2) is 0 Å². The first-order valence-corrected chi connectivity index (χ1v) is 6.40. The van der Waals surface area contributed by atoms with E-state index in [0.717, 1.165) is 4.88 Å². The molecule has 0 bridgehead atoms. The van der Waals surface area contributed by atoms with E-state index in [9.17, 15) is 4.79 Å². The summed E-state index contributed by atoms with van der Waals surface area (Å²) in [6, 6.07) is 9.23. The highest BCUT2D eigenvalue weighted by molar-refractivity contribution is 7.10. The average molecular weight is 262 g/mol. The summed E-state index contributed by atoms with van der Waals surface area (Å²) in [6.45, 7) is 0. The van der Waals surface area contributed by atoms with Crippen molar-refractivity contribution in [2.45, 2.75) is 6.42 Å². The maximum absolute atomic E-state index is 12.3. The maximum atomic E-state index is 12.3. The van der Waals surface area contributed by atoms with Gasteiger partial charge in [0.1, 0.15) is 17.1 Å². The van der Waals surface area contributed by atoms with Gasteiger partial charge in [0.25, 0.3) is 0 Å². The minimum Gasteiger partial charge on any atom is -0.496 e. The molecule has 94 valence electrons. The van der Waals surface area contributed by atoms with Crippen molar-refractivity contribution in [2.75, 3.05) is 14.2 Å². The molecule has 4 heteroatoms. The van der Waals surface area contributed by atoms with Crippen molar-refractivity contribution < 1.29 is 14.3 Å². The molecule has 0 saturated heterocycles. The van der Waals surface area contributed by atoms with Gasteiger partial charge in [0.2, 0.25) is 0 Å². The highest BCUT2D eigenvalue weighted by Gasteiger charge is 2.18. The molecule has 0 fully saturated rings. The third-order valence-electron chi connectivity index (χ3n) is 2.62. The summed E-state index contributed by atoms with van der Waals surface area (Å²) in [5.74, 6) is 1.11. The first-order valence-electron chi connectivity index (χ1n) is 5.53. The standard InChI is InChI=1S/C14H14O3S/c1-16-12-6-3-7-13(17-2)14(12)11(15)9-10-5-4-8-18-10/h3-8H,9H2,1-2H3. The third-order valence-corrected chi connectivity index (χ3v) is 3.50. The molecule has 0 saturated carbocycles. The fraction of sp³-hybridized carbons (Fsp3) is 0.214. The van der Waals surface area contributed by atoms with Crippen LogP contribution >= 0.6 is 11.3 Å². The molecule has 0 aliphatic rings. The van der Waals surface area contributed by atoms with Crippen LogP contribution in [0.1, 0.15) is 15.2 Å². The topological polar surface area (TPSA) is 35.5 Å². The van der Waals surface area contributed by atoms with Crippen LogP contribution in [0.25, 0.3) is 0 Å². The average Bonchev–Trinajstić information content (AvgIpc) is 2.90. The highest BCUT2D eigenvalue weighted by Crippen LogP contribution is 2.29. The zero-order valence-corrected chi connectivity index (χ0v) is 11.1. The van der Waals surface area contributed by atoms with Gasteiger partial charge >= 0.3 is 0 Å². The predicted molar refractivity (Wildman–Crippen MR) is 71.9 cm³/mol. The molecule has 0 spiro atoms. The van der Waals surface area contributed by atoms with Gasteiger partial charge in [-0.05, 0) is 23.6 Å². The van der Waals surface area contributed by atoms with Crippen LogP contribution in [0, 0.1) is 0 Å². The normalized spacial score (nSPS) is 10.1. The van der Waals surface area contributed by atoms with Crippen molar-refractivity contribution >= 4 is 17.1 Å². The fourth-order valence-electron chi connectivity index (χ4n) is 1.79. The van der Waals surface area contributed by atoms with Gasteiger partial charge < -0.3 is 9.47 Å². The van der Waals surface area contributed by atoms with Crippen LogP contribution in [0.4, 0.5) is 0 Å². The summed E-state index contributed by atoms with van der Waals surface area (Å²) < 4.78 is 10.5. The van der Waals surface area contributed by atoms with Crippen LogP contribution in [-0.4, -0.2) is 20.0 Å². The number of carbonyl (C=O) groups excluding carboxylic acids is 1. The lowest BCUT2D eigenvalue weighted by atomic mass is 10.1. The van der Waals surface area contributed by atoms with Gasteiger partial charge in [-0.3, -0.25) is 4.79 Å². The van der Waals surface area contributed by atoms with Crippen LogP contribution in [0.3, 0.4) is 0 Å². The lowest BCUT2D eigenvalue weighted by Gasteiger charge is -2.11. The summed E-state index contributed by atoms with van der Waals surface area (Å²) in [5.41, 5.74) is 0.510. The van der Waals surface area contributed by atoms with E-state index in [2.05, 4.69) is 0 Å². The van der Waals surface area contributed by atoms with Gasteiger partial charge in [-0.15, -0.1) is 11.3 Å². The fourth-order valence-corrected chi connectivity index (χ4v) is 2.49. The first kappa shape index (κ1) is 12.6. The Hall–Kier alpha value is -1.81. The Bertz CT molecular complexity index is 510. The number of methoxy groups -OCH3 is 2. The zero-order valence-electron chi connectivity index (χ0n) is 10.3. The molecule has 0 N–H and O–H groups in total. The van der Waals surface area contributed by atoms with Crippen molar-refractivity contribution in [3.8, 4) is 11.5 Å². The van der Waals surface area contributed by atoms with E-state index in [1.54, 1.807) is 43.8 Å². The molecule has 0 radical (unpaired) electrons. The van der Waals surface area contributed by atoms with Crippen LogP contribution in [0.15, 0.2) is 35.7 Å². The molecule has 3 nitrogen and oxygen atoms in total. The third kappa shape index (κ3) is 2.54. The molecule has 0 aliphatic heterocycles. The number of ether oxygens (including phenoxy) is 2. The van der Waals surface area contributed by atoms with Crippen molar-refractivity contribution in [3.63, 3.8) is 0 Å². The second kappa shape index (κ2) is 5.69. The number of thiophene rings is 1. The molecule has 0 unspecified atom stereocenters. The second-order valence-corrected chi connectivity index (χ2v) is 4.75. The smallest absolute Gasteiger partial charge is 0.175 e. The molecular weight excluding hydrogens is 248 g/mol. The molecule has 18 heavy (non-hydrogen) atoms. The van der Waals surface area contributed by atoms with Gasteiger partial charge in [-0.1, -0.05) is 12.1 Å². The Balaban J connectivity index is 2.33. The van der Waals surface area contributed by atoms with E-state index < -0.39 is 0 Å². The number of rotatable bonds is 5. The monoisotopic (exact) mass is 262 g/mol. The van der Waals surface area contributed by atoms with Gasteiger partial charge in [0, 0.05) is 11.3 Å². The minimum atomic E-state index is 0.00625. The predicted octanol–water partition coefficient (Wildman–Crippen LogP) is 3.19. The Kier molecular flexibility index (Phi) is 3.99. The second-order valence-electron chi connectivity index (χ2n) is 3.72. The van der Waals surface area contributed by atoms with Crippen LogP contribution < -0.4 is 9.47 Å². The molecule has 2 aromatic rings. The lowest BCUT2D eigenvalue weighted by Crippen LogP contribution is -2.07. The molecule has 0 atom stereocenters. The Morgan fingerprint density at radius 3 is 2.28 bits per heavy atom. The summed E-state index contributed by atoms with van der Waals surface area (Å²) in [6.07, 6.45) is 0.369. The number of benzene rings is 1. The van der Waals surface area contributed by atoms with E-state index >= 15 is 0 Å². The molecule has 0 amide bonds. The number of hydrogen-bond donors (Lipinski definition) is 0. The van der Waals surface area contributed by atoms with E-state index in [1.165, 1.54) is 0 Å². The highest BCUT2D eigenvalue weighted by atomic mass is 32.1. The van der Waals surface area contributed by atoms with E-state index in [4.69, 9.17) is 9.47 Å². The van der Waals surface area contributed by atoms with Gasteiger partial charge in [-0.2, -0.15) is 0 Å². The van der Waals surface area contributed by atoms with Crippen LogP contribution in [0.2, 0.25) is 0 Å². The lowest BCUT2D eigenvalue weighted by molar-refractivity contribution is 0.0988. The Labute approximate surface area is 110 Å². The molecule has 1 aromatic heterocycles. The summed E-state index contributed by atoms with van der Waals surface area (Å²) >= 11 is 1.57. The zero-order chi connectivity index (χ0) is 13.0. The summed E-state index contributed by atoms with van der Waals surface area (Å²) in [5, 5.41) is 1.96. The van der Waals surface area contributed by atoms with Crippen molar-refractivity contribution in [3.05, 3.63) is 46.2 Å². The molecule has 1 aromatic carbocycles. The summed E-state index contributed by atoms with van der Waals surface area (Å²) in [7, 11) is 3.10. The Morgan fingerprint density at radius 2 is 1.78 bits per heavy atom. The first-order chi connectivity index (χ1) is 8.76. The van der Waals surface area contributed by atoms with Gasteiger partial charge in [0.15, 0.2) is 5.78 Å². The van der Waals surface area contributed by atoms with Crippen LogP contribution in [-0.2, 0) is 6.42 Å². The minimum absolute atomic E-state index is 0.00625. The number of carbonyl (C=O) groups is 1. The van der Waals surface area contributed by atoms with Crippen molar-refractivity contribution in [1.82, 2.24) is 0 Å². The molecule has 1 heterocycles. The summed E-state index contributed by atoms with van der Waals surface area (Å²) in [4.78, 5) is 13.4. The van der Waals surface area contributed by atoms with Gasteiger partial charge in [0.05, 0.1) is 14.2 Å². The largest absolute Gasteiger partial charge is 0.496 e. The van der Waals surface area contributed by atoms with E-state index in [0.29, 0.717) is 23.5 Å².